The quantitative estimate of drug-likeness (QED) is 0.350. The van der Waals surface area contributed by atoms with Gasteiger partial charge in [-0.15, -0.1) is 0 Å². The van der Waals surface area contributed by atoms with Gasteiger partial charge in [0.15, 0.2) is 17.5 Å². The van der Waals surface area contributed by atoms with Crippen molar-refractivity contribution in [2.75, 3.05) is 6.61 Å². The fourth-order valence-corrected chi connectivity index (χ4v) is 4.47. The van der Waals surface area contributed by atoms with Crippen molar-refractivity contribution >= 4 is 28.6 Å². The average molecular weight is 427 g/mol. The molecule has 1 aliphatic heterocycles. The molecule has 0 saturated heterocycles. The maximum Gasteiger partial charge on any atom is 0.344 e. The molecule has 1 unspecified atom stereocenters. The Morgan fingerprint density at radius 3 is 2.48 bits per heavy atom. The maximum atomic E-state index is 14.6. The molecule has 0 bridgehead atoms. The minimum Gasteiger partial charge on any atom is -0.462 e. The lowest BCUT2D eigenvalue weighted by molar-refractivity contribution is 0.0518. The average Bonchev–Trinajstić information content (AvgIpc) is 2.65. The minimum atomic E-state index is -1.81. The summed E-state index contributed by atoms with van der Waals surface area (Å²) < 4.78 is 75.6. The van der Waals surface area contributed by atoms with Gasteiger partial charge in [0.25, 0.3) is 0 Å². The first-order valence-corrected chi connectivity index (χ1v) is 9.18. The molecule has 4 nitrogen and oxygen atoms in total. The largest absolute Gasteiger partial charge is 0.462 e. The van der Waals surface area contributed by atoms with Gasteiger partial charge in [-0.05, 0) is 19.1 Å². The van der Waals surface area contributed by atoms with Gasteiger partial charge in [0.1, 0.15) is 22.6 Å². The summed E-state index contributed by atoms with van der Waals surface area (Å²) in [4.78, 5) is 25.0. The number of halogens is 5. The summed E-state index contributed by atoms with van der Waals surface area (Å²) in [6, 6.07) is 3.18. The molecule has 2 heterocycles. The van der Waals surface area contributed by atoms with Gasteiger partial charge in [0.05, 0.1) is 22.5 Å². The van der Waals surface area contributed by atoms with Crippen molar-refractivity contribution in [3.8, 4) is 0 Å². The molecule has 0 radical (unpaired) electrons. The number of benzene rings is 2. The number of rotatable bonds is 3. The second-order valence-corrected chi connectivity index (χ2v) is 7.19. The van der Waals surface area contributed by atoms with E-state index in [2.05, 4.69) is 0 Å². The van der Waals surface area contributed by atoms with Gasteiger partial charge in [-0.3, -0.25) is 4.79 Å². The molecule has 3 aromatic rings. The Kier molecular flexibility index (Phi) is 4.60. The maximum absolute atomic E-state index is 14.6. The molecule has 0 saturated carbocycles. The van der Waals surface area contributed by atoms with Gasteiger partial charge in [0, 0.05) is 11.6 Å². The molecule has 2 aromatic carbocycles. The summed E-state index contributed by atoms with van der Waals surface area (Å²) in [5.41, 5.74) is -2.24. The van der Waals surface area contributed by atoms with Crippen molar-refractivity contribution in [2.24, 2.45) is 0 Å². The SMILES string of the molecule is CCOC(=O)c1c2n(c3c(F)c(F)c(F)cc3c1=O)C(c1ccc(F)cc1F)S2. The third kappa shape index (κ3) is 2.81. The number of carbonyl (C=O) groups is 1. The van der Waals surface area contributed by atoms with E-state index in [0.717, 1.165) is 28.5 Å². The summed E-state index contributed by atoms with van der Waals surface area (Å²) in [6.07, 6.45) is 0. The molecule has 0 aliphatic carbocycles. The predicted octanol–water partition coefficient (Wildman–Crippen LogP) is 4.53. The summed E-state index contributed by atoms with van der Waals surface area (Å²) >= 11 is 0.818. The molecule has 150 valence electrons. The molecular weight excluding hydrogens is 417 g/mol. The van der Waals surface area contributed by atoms with Crippen LogP contribution in [0.3, 0.4) is 0 Å². The summed E-state index contributed by atoms with van der Waals surface area (Å²) in [5.74, 6) is -7.90. The van der Waals surface area contributed by atoms with Crippen molar-refractivity contribution in [1.29, 1.82) is 0 Å². The fourth-order valence-electron chi connectivity index (χ4n) is 3.18. The highest BCUT2D eigenvalue weighted by molar-refractivity contribution is 8.00. The van der Waals surface area contributed by atoms with Gasteiger partial charge < -0.3 is 9.30 Å². The highest BCUT2D eigenvalue weighted by Gasteiger charge is 2.39. The first-order chi connectivity index (χ1) is 13.8. The van der Waals surface area contributed by atoms with Crippen LogP contribution in [0.2, 0.25) is 0 Å². The van der Waals surface area contributed by atoms with Crippen LogP contribution in [0.5, 0.6) is 0 Å². The van der Waals surface area contributed by atoms with Crippen LogP contribution < -0.4 is 5.43 Å². The van der Waals surface area contributed by atoms with Gasteiger partial charge in [-0.25, -0.2) is 26.7 Å². The monoisotopic (exact) mass is 427 g/mol. The van der Waals surface area contributed by atoms with Crippen molar-refractivity contribution in [2.45, 2.75) is 17.3 Å². The second kappa shape index (κ2) is 6.87. The molecule has 29 heavy (non-hydrogen) atoms. The lowest BCUT2D eigenvalue weighted by Crippen LogP contribution is -2.31. The smallest absolute Gasteiger partial charge is 0.344 e. The van der Waals surface area contributed by atoms with Crippen LogP contribution in [0.15, 0.2) is 34.1 Å². The van der Waals surface area contributed by atoms with Crippen LogP contribution in [0, 0.1) is 29.1 Å². The van der Waals surface area contributed by atoms with Crippen LogP contribution in [-0.4, -0.2) is 17.1 Å². The zero-order chi connectivity index (χ0) is 21.0. The van der Waals surface area contributed by atoms with E-state index < -0.39 is 62.3 Å². The fraction of sp³-hybridized carbons (Fsp3) is 0.158. The number of carbonyl (C=O) groups excluding carboxylic acids is 1. The number of hydrogen-bond donors (Lipinski definition) is 0. The van der Waals surface area contributed by atoms with Gasteiger partial charge in [-0.2, -0.15) is 0 Å². The first kappa shape index (κ1) is 19.4. The third-order valence-electron chi connectivity index (χ3n) is 4.45. The lowest BCUT2D eigenvalue weighted by atomic mass is 10.1. The van der Waals surface area contributed by atoms with E-state index >= 15 is 0 Å². The highest BCUT2D eigenvalue weighted by Crippen LogP contribution is 2.51. The Morgan fingerprint density at radius 2 is 1.83 bits per heavy atom. The molecule has 1 aromatic heterocycles. The van der Waals surface area contributed by atoms with E-state index in [-0.39, 0.29) is 17.2 Å². The van der Waals surface area contributed by atoms with E-state index in [1.165, 1.54) is 6.92 Å². The van der Waals surface area contributed by atoms with Crippen molar-refractivity contribution in [1.82, 2.24) is 4.57 Å². The normalized spacial score (nSPS) is 15.2. The second-order valence-electron chi connectivity index (χ2n) is 6.12. The van der Waals surface area contributed by atoms with Crippen LogP contribution >= 0.6 is 11.8 Å². The number of aromatic nitrogens is 1. The standard InChI is InChI=1S/C19H10F5NO3S/c1-2-28-19(27)12-16(26)9-6-11(22)13(23)14(24)15(9)25-17(29-18(12)25)8-4-3-7(20)5-10(8)21/h3-6,17H,2H2,1H3. The highest BCUT2D eigenvalue weighted by atomic mass is 32.2. The van der Waals surface area contributed by atoms with E-state index in [1.54, 1.807) is 0 Å². The lowest BCUT2D eigenvalue weighted by Gasteiger charge is -2.35. The Bertz CT molecular complexity index is 1260. The van der Waals surface area contributed by atoms with Crippen molar-refractivity contribution in [3.05, 3.63) is 74.7 Å². The molecule has 0 N–H and O–H groups in total. The topological polar surface area (TPSA) is 48.3 Å². The molecule has 0 fully saturated rings. The molecular formula is C19H10F5NO3S. The Morgan fingerprint density at radius 1 is 1.10 bits per heavy atom. The number of ether oxygens (including phenoxy) is 1. The number of esters is 1. The van der Waals surface area contributed by atoms with Gasteiger partial charge in [-0.1, -0.05) is 17.8 Å². The molecule has 4 rings (SSSR count). The molecule has 10 heteroatoms. The third-order valence-corrected chi connectivity index (χ3v) is 5.76. The summed E-state index contributed by atoms with van der Waals surface area (Å²) in [5, 5.41) is -1.72. The van der Waals surface area contributed by atoms with Crippen molar-refractivity contribution in [3.63, 3.8) is 0 Å². The number of thioether (sulfide) groups is 1. The number of fused-ring (bicyclic) bond motifs is 3. The van der Waals surface area contributed by atoms with E-state index in [9.17, 15) is 31.5 Å². The molecule has 0 spiro atoms. The van der Waals surface area contributed by atoms with E-state index in [0.29, 0.717) is 12.1 Å². The number of hydrogen-bond acceptors (Lipinski definition) is 4. The zero-order valence-corrected chi connectivity index (χ0v) is 15.4. The van der Waals surface area contributed by atoms with Gasteiger partial charge >= 0.3 is 5.97 Å². The predicted molar refractivity (Wildman–Crippen MR) is 94.4 cm³/mol. The van der Waals surface area contributed by atoms with E-state index in [1.807, 2.05) is 0 Å². The van der Waals surface area contributed by atoms with Crippen LogP contribution in [0.25, 0.3) is 10.9 Å². The zero-order valence-electron chi connectivity index (χ0n) is 14.6. The summed E-state index contributed by atoms with van der Waals surface area (Å²) in [7, 11) is 0. The van der Waals surface area contributed by atoms with Crippen LogP contribution in [0.4, 0.5) is 22.0 Å². The van der Waals surface area contributed by atoms with Crippen molar-refractivity contribution < 1.29 is 31.5 Å². The Hall–Kier alpha value is -2.88. The number of pyridine rings is 1. The number of nitrogens with zero attached hydrogens (tertiary/aromatic N) is 1. The first-order valence-electron chi connectivity index (χ1n) is 8.30. The molecule has 1 atom stereocenters. The Labute approximate surface area is 163 Å². The minimum absolute atomic E-state index is 0.0669. The Balaban J connectivity index is 2.08. The van der Waals surface area contributed by atoms with E-state index in [4.69, 9.17) is 4.74 Å². The van der Waals surface area contributed by atoms with Crippen LogP contribution in [-0.2, 0) is 4.74 Å². The van der Waals surface area contributed by atoms with Crippen LogP contribution in [0.1, 0.15) is 28.2 Å². The van der Waals surface area contributed by atoms with Gasteiger partial charge in [0.2, 0.25) is 5.43 Å². The molecule has 0 amide bonds. The summed E-state index contributed by atoms with van der Waals surface area (Å²) in [6.45, 7) is 1.43. The molecule has 1 aliphatic rings.